The molecule has 0 fully saturated rings. The molecular formula is C8H6N4. The largest absolute Gasteiger partial charge is 0.364 e. The van der Waals surface area contributed by atoms with E-state index < -0.39 is 0 Å². The first-order chi connectivity index (χ1) is 5.90. The van der Waals surface area contributed by atoms with E-state index in [-0.39, 0.29) is 0 Å². The Bertz CT molecular complexity index is 375. The molecular weight excluding hydrogens is 152 g/mol. The second kappa shape index (κ2) is 2.62. The molecule has 1 aromatic rings. The van der Waals surface area contributed by atoms with Crippen LogP contribution in [0.3, 0.4) is 0 Å². The van der Waals surface area contributed by atoms with Crippen LogP contribution in [-0.2, 0) is 0 Å². The summed E-state index contributed by atoms with van der Waals surface area (Å²) in [7, 11) is 0. The van der Waals surface area contributed by atoms with Gasteiger partial charge >= 0.3 is 0 Å². The predicted molar refractivity (Wildman–Crippen MR) is 45.0 cm³/mol. The lowest BCUT2D eigenvalue weighted by Gasteiger charge is -2.10. The molecule has 4 nitrogen and oxygen atoms in total. The van der Waals surface area contributed by atoms with Gasteiger partial charge in [-0.1, -0.05) is 0 Å². The molecule has 58 valence electrons. The molecule has 0 aromatic carbocycles. The number of nitrogens with zero attached hydrogens (tertiary/aromatic N) is 3. The van der Waals surface area contributed by atoms with Crippen molar-refractivity contribution in [2.75, 3.05) is 12.0 Å². The first-order valence-corrected chi connectivity index (χ1v) is 3.55. The highest BCUT2D eigenvalue weighted by molar-refractivity contribution is 5.86. The highest BCUT2D eigenvalue weighted by atomic mass is 15.0. The Hall–Kier alpha value is -1.89. The smallest absolute Gasteiger partial charge is 0.141 e. The molecule has 1 aliphatic heterocycles. The molecule has 4 heteroatoms. The third-order valence-electron chi connectivity index (χ3n) is 1.61. The molecule has 0 amide bonds. The van der Waals surface area contributed by atoms with Gasteiger partial charge in [0.25, 0.3) is 0 Å². The van der Waals surface area contributed by atoms with Gasteiger partial charge in [-0.3, -0.25) is 4.99 Å². The molecule has 0 bridgehead atoms. The Morgan fingerprint density at radius 2 is 2.42 bits per heavy atom. The highest BCUT2D eigenvalue weighted by Gasteiger charge is 2.05. The van der Waals surface area contributed by atoms with Crippen LogP contribution >= 0.6 is 0 Å². The Morgan fingerprint density at radius 1 is 1.50 bits per heavy atom. The van der Waals surface area contributed by atoms with Gasteiger partial charge in [-0.15, -0.1) is 0 Å². The molecule has 0 atom stereocenters. The van der Waals surface area contributed by atoms with E-state index in [2.05, 4.69) is 15.3 Å². The number of anilines is 1. The van der Waals surface area contributed by atoms with Crippen LogP contribution in [0.1, 0.15) is 11.4 Å². The lowest BCUT2D eigenvalue weighted by molar-refractivity contribution is 1.10. The van der Waals surface area contributed by atoms with Crippen LogP contribution in [0.4, 0.5) is 5.69 Å². The Balaban J connectivity index is 2.53. The lowest BCUT2D eigenvalue weighted by atomic mass is 10.2. The van der Waals surface area contributed by atoms with Crippen molar-refractivity contribution in [2.24, 2.45) is 4.99 Å². The number of hydrogen-bond acceptors (Lipinski definition) is 4. The van der Waals surface area contributed by atoms with E-state index in [0.29, 0.717) is 12.4 Å². The molecule has 0 spiro atoms. The molecule has 12 heavy (non-hydrogen) atoms. The van der Waals surface area contributed by atoms with Crippen LogP contribution < -0.4 is 5.32 Å². The van der Waals surface area contributed by atoms with Crippen molar-refractivity contribution < 1.29 is 0 Å². The van der Waals surface area contributed by atoms with Gasteiger partial charge < -0.3 is 5.32 Å². The van der Waals surface area contributed by atoms with Crippen molar-refractivity contribution in [2.45, 2.75) is 0 Å². The van der Waals surface area contributed by atoms with Crippen molar-refractivity contribution in [3.8, 4) is 6.07 Å². The minimum atomic E-state index is 0.420. The van der Waals surface area contributed by atoms with Gasteiger partial charge in [0.05, 0.1) is 11.9 Å². The van der Waals surface area contributed by atoms with E-state index in [1.165, 1.54) is 0 Å². The Kier molecular flexibility index (Phi) is 1.49. The number of nitriles is 1. The summed E-state index contributed by atoms with van der Waals surface area (Å²) in [5.74, 6) is 0. The summed E-state index contributed by atoms with van der Waals surface area (Å²) in [4.78, 5) is 8.04. The van der Waals surface area contributed by atoms with Gasteiger partial charge in [0.1, 0.15) is 24.1 Å². The third kappa shape index (κ3) is 1.01. The van der Waals surface area contributed by atoms with Crippen LogP contribution in [0.5, 0.6) is 0 Å². The summed E-state index contributed by atoms with van der Waals surface area (Å²) in [5.41, 5.74) is 2.09. The number of nitrogens with one attached hydrogen (secondary N) is 1. The molecule has 1 N–H and O–H groups in total. The SMILES string of the molecule is N#Cc1ccc2c(n1)C=NCN2. The van der Waals surface area contributed by atoms with Crippen molar-refractivity contribution >= 4 is 11.9 Å². The van der Waals surface area contributed by atoms with Gasteiger partial charge in [-0.2, -0.15) is 5.26 Å². The zero-order valence-electron chi connectivity index (χ0n) is 6.28. The van der Waals surface area contributed by atoms with E-state index in [9.17, 15) is 0 Å². The summed E-state index contributed by atoms with van der Waals surface area (Å²) in [6.07, 6.45) is 1.67. The third-order valence-corrected chi connectivity index (χ3v) is 1.61. The summed E-state index contributed by atoms with van der Waals surface area (Å²) >= 11 is 0. The monoisotopic (exact) mass is 158 g/mol. The molecule has 0 saturated heterocycles. The minimum absolute atomic E-state index is 0.420. The summed E-state index contributed by atoms with van der Waals surface area (Å²) in [6.45, 7) is 0.584. The topological polar surface area (TPSA) is 61.1 Å². The standard InChI is InChI=1S/C8H6N4/c9-3-6-1-2-7-8(12-6)4-10-5-11-7/h1-2,4,11H,5H2. The molecule has 0 saturated carbocycles. The Labute approximate surface area is 69.6 Å². The average Bonchev–Trinajstić information content (AvgIpc) is 2.17. The van der Waals surface area contributed by atoms with Crippen LogP contribution in [0.15, 0.2) is 17.1 Å². The maximum Gasteiger partial charge on any atom is 0.141 e. The van der Waals surface area contributed by atoms with Gasteiger partial charge in [-0.25, -0.2) is 4.98 Å². The van der Waals surface area contributed by atoms with Crippen molar-refractivity contribution in [1.29, 1.82) is 5.26 Å². The fourth-order valence-electron chi connectivity index (χ4n) is 1.05. The van der Waals surface area contributed by atoms with Gasteiger partial charge in [-0.05, 0) is 12.1 Å². The number of hydrogen-bond donors (Lipinski definition) is 1. The van der Waals surface area contributed by atoms with E-state index >= 15 is 0 Å². The second-order valence-corrected chi connectivity index (χ2v) is 2.39. The maximum absolute atomic E-state index is 8.56. The van der Waals surface area contributed by atoms with Crippen LogP contribution in [0.2, 0.25) is 0 Å². The molecule has 2 rings (SSSR count). The zero-order valence-corrected chi connectivity index (χ0v) is 6.28. The van der Waals surface area contributed by atoms with Crippen molar-refractivity contribution in [3.63, 3.8) is 0 Å². The van der Waals surface area contributed by atoms with E-state index in [1.807, 2.05) is 12.1 Å². The normalized spacial score (nSPS) is 12.9. The van der Waals surface area contributed by atoms with E-state index in [4.69, 9.17) is 5.26 Å². The fourth-order valence-corrected chi connectivity index (χ4v) is 1.05. The number of fused-ring (bicyclic) bond motifs is 1. The molecule has 1 aromatic heterocycles. The number of rotatable bonds is 0. The average molecular weight is 158 g/mol. The second-order valence-electron chi connectivity index (χ2n) is 2.39. The lowest BCUT2D eigenvalue weighted by Crippen LogP contribution is -2.09. The number of aromatic nitrogens is 1. The first kappa shape index (κ1) is 6.80. The van der Waals surface area contributed by atoms with Crippen molar-refractivity contribution in [1.82, 2.24) is 4.98 Å². The quantitative estimate of drug-likeness (QED) is 0.606. The van der Waals surface area contributed by atoms with Crippen LogP contribution in [0, 0.1) is 11.3 Å². The fraction of sp³-hybridized carbons (Fsp3) is 0.125. The summed E-state index contributed by atoms with van der Waals surface area (Å²) in [5, 5.41) is 11.6. The number of pyridine rings is 1. The molecule has 2 heterocycles. The summed E-state index contributed by atoms with van der Waals surface area (Å²) in [6, 6.07) is 5.50. The van der Waals surface area contributed by atoms with Crippen LogP contribution in [-0.4, -0.2) is 17.9 Å². The molecule has 0 radical (unpaired) electrons. The number of aliphatic imine (C=N–C) groups is 1. The van der Waals surface area contributed by atoms with E-state index in [0.717, 1.165) is 11.4 Å². The molecule has 0 unspecified atom stereocenters. The predicted octanol–water partition coefficient (Wildman–Crippen LogP) is 0.755. The van der Waals surface area contributed by atoms with Crippen molar-refractivity contribution in [3.05, 3.63) is 23.5 Å². The highest BCUT2D eigenvalue weighted by Crippen LogP contribution is 2.13. The van der Waals surface area contributed by atoms with Gasteiger partial charge in [0, 0.05) is 0 Å². The maximum atomic E-state index is 8.56. The van der Waals surface area contributed by atoms with E-state index in [1.54, 1.807) is 12.3 Å². The molecule has 0 aliphatic carbocycles. The van der Waals surface area contributed by atoms with Gasteiger partial charge in [0.15, 0.2) is 0 Å². The van der Waals surface area contributed by atoms with Gasteiger partial charge in [0.2, 0.25) is 0 Å². The summed E-state index contributed by atoms with van der Waals surface area (Å²) < 4.78 is 0. The van der Waals surface area contributed by atoms with Crippen LogP contribution in [0.25, 0.3) is 0 Å². The zero-order chi connectivity index (χ0) is 8.39. The Morgan fingerprint density at radius 3 is 3.25 bits per heavy atom. The molecule has 1 aliphatic rings. The minimum Gasteiger partial charge on any atom is -0.364 e. The first-order valence-electron chi connectivity index (χ1n) is 3.55.